The predicted octanol–water partition coefficient (Wildman–Crippen LogP) is 3.09. The molecule has 0 bridgehead atoms. The van der Waals surface area contributed by atoms with Crippen molar-refractivity contribution in [3.8, 4) is 11.6 Å². The van der Waals surface area contributed by atoms with Gasteiger partial charge in [-0.25, -0.2) is 5.10 Å². The van der Waals surface area contributed by atoms with Crippen LogP contribution in [0.4, 0.5) is 5.69 Å². The Morgan fingerprint density at radius 1 is 1.30 bits per heavy atom. The standard InChI is InChI=1S/C11H7Cl2N3O4/c1-5-2-9(14-15-11(5)17)20-10-7(12)3-6(16(18)19)4-8(10)13/h2-4H,1H3,(H,15,17). The summed E-state index contributed by atoms with van der Waals surface area (Å²) in [7, 11) is 0. The number of aryl methyl sites for hydroxylation is 1. The van der Waals surface area contributed by atoms with Crippen LogP contribution in [0.2, 0.25) is 10.0 Å². The lowest BCUT2D eigenvalue weighted by atomic mass is 10.3. The molecule has 0 unspecified atom stereocenters. The molecular weight excluding hydrogens is 309 g/mol. The van der Waals surface area contributed by atoms with Crippen LogP contribution in [0, 0.1) is 17.0 Å². The lowest BCUT2D eigenvalue weighted by molar-refractivity contribution is -0.384. The van der Waals surface area contributed by atoms with Gasteiger partial charge in [-0.2, -0.15) is 0 Å². The first-order valence-corrected chi connectivity index (χ1v) is 6.01. The molecule has 0 aliphatic carbocycles. The van der Waals surface area contributed by atoms with E-state index in [4.69, 9.17) is 27.9 Å². The third kappa shape index (κ3) is 2.89. The zero-order valence-corrected chi connectivity index (χ0v) is 11.5. The number of aromatic amines is 1. The Labute approximate surface area is 122 Å². The van der Waals surface area contributed by atoms with Gasteiger partial charge in [0.25, 0.3) is 11.2 Å². The molecule has 0 amide bonds. The van der Waals surface area contributed by atoms with Crippen molar-refractivity contribution in [1.29, 1.82) is 0 Å². The molecule has 2 rings (SSSR count). The number of aromatic nitrogens is 2. The summed E-state index contributed by atoms with van der Waals surface area (Å²) in [6.45, 7) is 1.58. The molecule has 0 saturated heterocycles. The predicted molar refractivity (Wildman–Crippen MR) is 72.8 cm³/mol. The summed E-state index contributed by atoms with van der Waals surface area (Å²) >= 11 is 11.8. The van der Waals surface area contributed by atoms with Gasteiger partial charge in [-0.05, 0) is 6.92 Å². The number of hydrogen-bond donors (Lipinski definition) is 1. The highest BCUT2D eigenvalue weighted by Gasteiger charge is 2.17. The number of ether oxygens (including phenoxy) is 1. The second-order valence-electron chi connectivity index (χ2n) is 3.82. The Morgan fingerprint density at radius 3 is 2.40 bits per heavy atom. The number of benzene rings is 1. The lowest BCUT2D eigenvalue weighted by Crippen LogP contribution is -2.11. The van der Waals surface area contributed by atoms with E-state index in [9.17, 15) is 14.9 Å². The molecule has 0 saturated carbocycles. The van der Waals surface area contributed by atoms with E-state index >= 15 is 0 Å². The van der Waals surface area contributed by atoms with E-state index in [-0.39, 0.29) is 32.9 Å². The molecule has 0 radical (unpaired) electrons. The highest BCUT2D eigenvalue weighted by atomic mass is 35.5. The average Bonchev–Trinajstić information content (AvgIpc) is 2.37. The Hall–Kier alpha value is -2.12. The van der Waals surface area contributed by atoms with Gasteiger partial charge in [0.15, 0.2) is 5.75 Å². The van der Waals surface area contributed by atoms with Crippen LogP contribution >= 0.6 is 23.2 Å². The van der Waals surface area contributed by atoms with E-state index in [1.54, 1.807) is 6.92 Å². The molecule has 1 heterocycles. The minimum atomic E-state index is -0.621. The van der Waals surface area contributed by atoms with Gasteiger partial charge in [0.05, 0.1) is 15.0 Å². The molecule has 1 N–H and O–H groups in total. The van der Waals surface area contributed by atoms with Crippen molar-refractivity contribution in [2.24, 2.45) is 0 Å². The molecule has 7 nitrogen and oxygen atoms in total. The van der Waals surface area contributed by atoms with E-state index < -0.39 is 4.92 Å². The number of H-pyrrole nitrogens is 1. The van der Waals surface area contributed by atoms with Crippen LogP contribution in [0.15, 0.2) is 23.0 Å². The number of hydrogen-bond acceptors (Lipinski definition) is 5. The fraction of sp³-hybridized carbons (Fsp3) is 0.0909. The van der Waals surface area contributed by atoms with Crippen LogP contribution in [-0.4, -0.2) is 15.1 Å². The Kier molecular flexibility index (Phi) is 3.91. The quantitative estimate of drug-likeness (QED) is 0.693. The minimum absolute atomic E-state index is 0.0258. The van der Waals surface area contributed by atoms with Crippen molar-refractivity contribution in [2.75, 3.05) is 0 Å². The van der Waals surface area contributed by atoms with Gasteiger partial charge in [0.2, 0.25) is 5.88 Å². The van der Waals surface area contributed by atoms with Crippen molar-refractivity contribution in [1.82, 2.24) is 10.2 Å². The van der Waals surface area contributed by atoms with E-state index in [0.29, 0.717) is 5.56 Å². The van der Waals surface area contributed by atoms with E-state index in [1.165, 1.54) is 6.07 Å². The molecule has 1 aromatic heterocycles. The van der Waals surface area contributed by atoms with Gasteiger partial charge in [-0.15, -0.1) is 5.10 Å². The fourth-order valence-corrected chi connectivity index (χ4v) is 1.94. The van der Waals surface area contributed by atoms with Gasteiger partial charge in [0.1, 0.15) is 0 Å². The van der Waals surface area contributed by atoms with Crippen molar-refractivity contribution in [3.05, 3.63) is 54.3 Å². The van der Waals surface area contributed by atoms with Crippen LogP contribution < -0.4 is 10.3 Å². The second-order valence-corrected chi connectivity index (χ2v) is 4.63. The lowest BCUT2D eigenvalue weighted by Gasteiger charge is -2.08. The maximum absolute atomic E-state index is 11.2. The molecule has 0 atom stereocenters. The number of nitrogens with zero attached hydrogens (tertiary/aromatic N) is 2. The van der Waals surface area contributed by atoms with Gasteiger partial charge >= 0.3 is 0 Å². The summed E-state index contributed by atoms with van der Waals surface area (Å²) in [5, 5.41) is 16.5. The number of nitrogens with one attached hydrogen (secondary N) is 1. The number of halogens is 2. The van der Waals surface area contributed by atoms with Gasteiger partial charge in [0, 0.05) is 23.8 Å². The molecule has 0 aliphatic rings. The Balaban J connectivity index is 2.41. The summed E-state index contributed by atoms with van der Waals surface area (Å²) in [4.78, 5) is 21.2. The zero-order valence-electron chi connectivity index (χ0n) is 10.0. The van der Waals surface area contributed by atoms with Gasteiger partial charge < -0.3 is 4.74 Å². The first-order chi connectivity index (χ1) is 9.38. The van der Waals surface area contributed by atoms with Crippen LogP contribution in [-0.2, 0) is 0 Å². The highest BCUT2D eigenvalue weighted by Crippen LogP contribution is 2.38. The topological polar surface area (TPSA) is 98.1 Å². The number of nitro benzene ring substituents is 1. The molecular formula is C11H7Cl2N3O4. The summed E-state index contributed by atoms with van der Waals surface area (Å²) in [6, 6.07) is 3.62. The molecule has 0 spiro atoms. The monoisotopic (exact) mass is 315 g/mol. The summed E-state index contributed by atoms with van der Waals surface area (Å²) in [5.74, 6) is 0.0950. The summed E-state index contributed by atoms with van der Waals surface area (Å²) < 4.78 is 5.34. The fourth-order valence-electron chi connectivity index (χ4n) is 1.38. The van der Waals surface area contributed by atoms with Crippen LogP contribution in [0.25, 0.3) is 0 Å². The molecule has 1 aromatic carbocycles. The number of nitro groups is 1. The van der Waals surface area contributed by atoms with Crippen LogP contribution in [0.5, 0.6) is 11.6 Å². The van der Waals surface area contributed by atoms with Crippen molar-refractivity contribution in [2.45, 2.75) is 6.92 Å². The van der Waals surface area contributed by atoms with Crippen molar-refractivity contribution >= 4 is 28.9 Å². The normalized spacial score (nSPS) is 10.3. The van der Waals surface area contributed by atoms with Crippen molar-refractivity contribution in [3.63, 3.8) is 0 Å². The third-order valence-corrected chi connectivity index (χ3v) is 2.93. The zero-order chi connectivity index (χ0) is 14.9. The SMILES string of the molecule is Cc1cc(Oc2c(Cl)cc([N+](=O)[O-])cc2Cl)n[nH]c1=O. The van der Waals surface area contributed by atoms with E-state index in [2.05, 4.69) is 10.2 Å². The van der Waals surface area contributed by atoms with E-state index in [1.807, 2.05) is 0 Å². The second kappa shape index (κ2) is 5.48. The summed E-state index contributed by atoms with van der Waals surface area (Å²) in [5.41, 5.74) is -0.208. The molecule has 9 heteroatoms. The highest BCUT2D eigenvalue weighted by molar-refractivity contribution is 6.37. The molecule has 0 aliphatic heterocycles. The largest absolute Gasteiger partial charge is 0.434 e. The van der Waals surface area contributed by atoms with Crippen LogP contribution in [0.1, 0.15) is 5.56 Å². The number of rotatable bonds is 3. The Bertz CT molecular complexity index is 722. The average molecular weight is 316 g/mol. The maximum atomic E-state index is 11.2. The van der Waals surface area contributed by atoms with E-state index in [0.717, 1.165) is 12.1 Å². The maximum Gasteiger partial charge on any atom is 0.272 e. The molecule has 2 aromatic rings. The van der Waals surface area contributed by atoms with Crippen LogP contribution in [0.3, 0.4) is 0 Å². The molecule has 20 heavy (non-hydrogen) atoms. The van der Waals surface area contributed by atoms with Gasteiger partial charge in [-0.3, -0.25) is 14.9 Å². The minimum Gasteiger partial charge on any atom is -0.434 e. The smallest absolute Gasteiger partial charge is 0.272 e. The number of non-ortho nitro benzene ring substituents is 1. The Morgan fingerprint density at radius 2 is 1.90 bits per heavy atom. The summed E-state index contributed by atoms with van der Waals surface area (Å²) in [6.07, 6.45) is 0. The van der Waals surface area contributed by atoms with Gasteiger partial charge in [-0.1, -0.05) is 23.2 Å². The molecule has 0 fully saturated rings. The third-order valence-electron chi connectivity index (χ3n) is 2.37. The molecule has 104 valence electrons. The van der Waals surface area contributed by atoms with Crippen molar-refractivity contribution < 1.29 is 9.66 Å². The first kappa shape index (κ1) is 14.3. The first-order valence-electron chi connectivity index (χ1n) is 5.26.